The van der Waals surface area contributed by atoms with Gasteiger partial charge >= 0.3 is 0 Å². The molecule has 0 fully saturated rings. The summed E-state index contributed by atoms with van der Waals surface area (Å²) in [4.78, 5) is 10.3. The van der Waals surface area contributed by atoms with Crippen LogP contribution in [0.1, 0.15) is 25.0 Å². The Labute approximate surface area is 84.2 Å². The van der Waals surface area contributed by atoms with Gasteiger partial charge in [-0.2, -0.15) is 0 Å². The Morgan fingerprint density at radius 1 is 1.50 bits per heavy atom. The van der Waals surface area contributed by atoms with Gasteiger partial charge in [-0.05, 0) is 12.5 Å². The van der Waals surface area contributed by atoms with Crippen molar-refractivity contribution in [1.82, 2.24) is 0 Å². The van der Waals surface area contributed by atoms with E-state index < -0.39 is 0 Å². The van der Waals surface area contributed by atoms with Gasteiger partial charge < -0.3 is 4.74 Å². The van der Waals surface area contributed by atoms with E-state index in [1.54, 1.807) is 0 Å². The molecule has 0 radical (unpaired) electrons. The number of hydrogen-bond acceptors (Lipinski definition) is 2. The lowest BCUT2D eigenvalue weighted by molar-refractivity contribution is -0.133. The van der Waals surface area contributed by atoms with E-state index in [9.17, 15) is 4.79 Å². The molecule has 0 saturated carbocycles. The van der Waals surface area contributed by atoms with Crippen LogP contribution in [0.15, 0.2) is 42.5 Å². The molecular formula is C12H14O2. The average Bonchev–Trinajstić information content (AvgIpc) is 2.18. The molecule has 0 spiro atoms. The highest BCUT2D eigenvalue weighted by Gasteiger charge is 2.11. The van der Waals surface area contributed by atoms with E-state index in [1.165, 1.54) is 0 Å². The van der Waals surface area contributed by atoms with Crippen LogP contribution >= 0.6 is 0 Å². The number of rotatable bonds is 5. The van der Waals surface area contributed by atoms with Crippen LogP contribution < -0.4 is 0 Å². The third-order valence-corrected chi connectivity index (χ3v) is 1.93. The standard InChI is InChI=1S/C12H14O2/c1-10(2)8-12(14-9-13)11-6-4-3-5-7-11/h3-7,9,12H,1,8H2,2H3. The predicted molar refractivity (Wildman–Crippen MR) is 55.8 cm³/mol. The maximum Gasteiger partial charge on any atom is 0.293 e. The van der Waals surface area contributed by atoms with Gasteiger partial charge in [0.2, 0.25) is 0 Å². The van der Waals surface area contributed by atoms with Crippen LogP contribution in [-0.2, 0) is 9.53 Å². The molecule has 1 aromatic carbocycles. The largest absolute Gasteiger partial charge is 0.459 e. The number of benzene rings is 1. The van der Waals surface area contributed by atoms with E-state index >= 15 is 0 Å². The lowest BCUT2D eigenvalue weighted by atomic mass is 10.0. The first-order valence-electron chi connectivity index (χ1n) is 4.52. The molecule has 1 unspecified atom stereocenters. The van der Waals surface area contributed by atoms with E-state index in [2.05, 4.69) is 6.58 Å². The van der Waals surface area contributed by atoms with Gasteiger partial charge in [-0.3, -0.25) is 4.79 Å². The maximum atomic E-state index is 10.3. The second kappa shape index (κ2) is 5.22. The predicted octanol–water partition coefficient (Wildman–Crippen LogP) is 2.87. The van der Waals surface area contributed by atoms with Gasteiger partial charge in [0.15, 0.2) is 0 Å². The van der Waals surface area contributed by atoms with Crippen molar-refractivity contribution in [2.45, 2.75) is 19.4 Å². The number of ether oxygens (including phenoxy) is 1. The molecule has 0 aromatic heterocycles. The van der Waals surface area contributed by atoms with Gasteiger partial charge in [0.05, 0.1) is 0 Å². The Morgan fingerprint density at radius 2 is 2.14 bits per heavy atom. The van der Waals surface area contributed by atoms with Gasteiger partial charge in [0, 0.05) is 6.42 Å². The van der Waals surface area contributed by atoms with E-state index in [0.29, 0.717) is 12.9 Å². The van der Waals surface area contributed by atoms with Crippen LogP contribution in [0, 0.1) is 0 Å². The van der Waals surface area contributed by atoms with Crippen LogP contribution in [0.5, 0.6) is 0 Å². The zero-order chi connectivity index (χ0) is 10.4. The normalized spacial score (nSPS) is 11.8. The molecule has 14 heavy (non-hydrogen) atoms. The summed E-state index contributed by atoms with van der Waals surface area (Å²) in [5, 5.41) is 0. The smallest absolute Gasteiger partial charge is 0.293 e. The lowest BCUT2D eigenvalue weighted by Crippen LogP contribution is -2.03. The van der Waals surface area contributed by atoms with Crippen molar-refractivity contribution in [3.8, 4) is 0 Å². The molecule has 1 atom stereocenters. The van der Waals surface area contributed by atoms with Gasteiger partial charge in [0.1, 0.15) is 6.10 Å². The Bertz CT molecular complexity index is 303. The van der Waals surface area contributed by atoms with Gasteiger partial charge in [0.25, 0.3) is 6.47 Å². The molecule has 0 amide bonds. The molecule has 0 heterocycles. The minimum absolute atomic E-state index is 0.203. The topological polar surface area (TPSA) is 26.3 Å². The van der Waals surface area contributed by atoms with Crippen LogP contribution in [-0.4, -0.2) is 6.47 Å². The summed E-state index contributed by atoms with van der Waals surface area (Å²) in [5.41, 5.74) is 2.00. The molecule has 0 aliphatic heterocycles. The SMILES string of the molecule is C=C(C)CC(OC=O)c1ccccc1. The summed E-state index contributed by atoms with van der Waals surface area (Å²) in [7, 11) is 0. The monoisotopic (exact) mass is 190 g/mol. The third kappa shape index (κ3) is 3.05. The third-order valence-electron chi connectivity index (χ3n) is 1.93. The Morgan fingerprint density at radius 3 is 2.64 bits per heavy atom. The highest BCUT2D eigenvalue weighted by atomic mass is 16.5. The van der Waals surface area contributed by atoms with E-state index in [-0.39, 0.29) is 6.10 Å². The quantitative estimate of drug-likeness (QED) is 0.527. The summed E-state index contributed by atoms with van der Waals surface area (Å²) in [6, 6.07) is 9.67. The number of carbonyl (C=O) groups is 1. The summed E-state index contributed by atoms with van der Waals surface area (Å²) in [6.45, 7) is 6.21. The van der Waals surface area contributed by atoms with Crippen molar-refractivity contribution in [3.05, 3.63) is 48.0 Å². The first-order chi connectivity index (χ1) is 6.74. The van der Waals surface area contributed by atoms with Crippen LogP contribution in [0.4, 0.5) is 0 Å². The van der Waals surface area contributed by atoms with Gasteiger partial charge in [-0.1, -0.05) is 42.5 Å². The molecular weight excluding hydrogens is 176 g/mol. The highest BCUT2D eigenvalue weighted by Crippen LogP contribution is 2.23. The summed E-state index contributed by atoms with van der Waals surface area (Å²) in [6.07, 6.45) is 0.467. The van der Waals surface area contributed by atoms with Crippen molar-refractivity contribution in [3.63, 3.8) is 0 Å². The van der Waals surface area contributed by atoms with Crippen LogP contribution in [0.2, 0.25) is 0 Å². The Hall–Kier alpha value is -1.57. The summed E-state index contributed by atoms with van der Waals surface area (Å²) in [5.74, 6) is 0. The van der Waals surface area contributed by atoms with Crippen molar-refractivity contribution in [2.75, 3.05) is 0 Å². The van der Waals surface area contributed by atoms with Crippen molar-refractivity contribution in [1.29, 1.82) is 0 Å². The molecule has 74 valence electrons. The zero-order valence-corrected chi connectivity index (χ0v) is 8.27. The average molecular weight is 190 g/mol. The first kappa shape index (κ1) is 10.5. The Balaban J connectivity index is 2.77. The molecule has 0 N–H and O–H groups in total. The zero-order valence-electron chi connectivity index (χ0n) is 8.27. The second-order valence-corrected chi connectivity index (χ2v) is 3.29. The number of hydrogen-bond donors (Lipinski definition) is 0. The van der Waals surface area contributed by atoms with Crippen molar-refractivity contribution >= 4 is 6.47 Å². The molecule has 0 aliphatic rings. The highest BCUT2D eigenvalue weighted by molar-refractivity contribution is 5.39. The van der Waals surface area contributed by atoms with Crippen molar-refractivity contribution in [2.24, 2.45) is 0 Å². The molecule has 2 heteroatoms. The van der Waals surface area contributed by atoms with Crippen LogP contribution in [0.3, 0.4) is 0 Å². The fourth-order valence-corrected chi connectivity index (χ4v) is 1.30. The van der Waals surface area contributed by atoms with Gasteiger partial charge in [-0.25, -0.2) is 0 Å². The minimum Gasteiger partial charge on any atom is -0.459 e. The van der Waals surface area contributed by atoms with E-state index in [1.807, 2.05) is 37.3 Å². The van der Waals surface area contributed by atoms with E-state index in [4.69, 9.17) is 4.74 Å². The van der Waals surface area contributed by atoms with E-state index in [0.717, 1.165) is 11.1 Å². The first-order valence-corrected chi connectivity index (χ1v) is 4.52. The second-order valence-electron chi connectivity index (χ2n) is 3.29. The van der Waals surface area contributed by atoms with Crippen LogP contribution in [0.25, 0.3) is 0 Å². The molecule has 0 aliphatic carbocycles. The fraction of sp³-hybridized carbons (Fsp3) is 0.250. The summed E-state index contributed by atoms with van der Waals surface area (Å²) >= 11 is 0. The molecule has 0 saturated heterocycles. The fourth-order valence-electron chi connectivity index (χ4n) is 1.30. The molecule has 1 aromatic rings. The molecule has 1 rings (SSSR count). The van der Waals surface area contributed by atoms with Gasteiger partial charge in [-0.15, -0.1) is 0 Å². The van der Waals surface area contributed by atoms with Crippen molar-refractivity contribution < 1.29 is 9.53 Å². The molecule has 0 bridgehead atoms. The molecule has 2 nitrogen and oxygen atoms in total. The lowest BCUT2D eigenvalue weighted by Gasteiger charge is -2.15. The Kier molecular flexibility index (Phi) is 3.92. The number of carbonyl (C=O) groups excluding carboxylic acids is 1. The minimum atomic E-state index is -0.203. The maximum absolute atomic E-state index is 10.3. The summed E-state index contributed by atoms with van der Waals surface area (Å²) < 4.78 is 5.00.